The van der Waals surface area contributed by atoms with Crippen LogP contribution in [0.15, 0.2) is 24.5 Å². The lowest BCUT2D eigenvalue weighted by molar-refractivity contribution is -0.123. The van der Waals surface area contributed by atoms with Gasteiger partial charge in [0.15, 0.2) is 23.9 Å². The molecule has 0 unspecified atom stereocenters. The van der Waals surface area contributed by atoms with Gasteiger partial charge in [-0.15, -0.1) is 0 Å². The highest BCUT2D eigenvalue weighted by atomic mass is 35.5. The first-order valence-corrected chi connectivity index (χ1v) is 11.5. The van der Waals surface area contributed by atoms with Crippen molar-refractivity contribution in [1.29, 1.82) is 0 Å². The van der Waals surface area contributed by atoms with E-state index in [2.05, 4.69) is 15.2 Å². The van der Waals surface area contributed by atoms with Crippen LogP contribution >= 0.6 is 23.2 Å². The molecular weight excluding hydrogens is 485 g/mol. The van der Waals surface area contributed by atoms with E-state index in [1.54, 1.807) is 12.1 Å². The Balaban J connectivity index is 1.71. The Morgan fingerprint density at radius 1 is 1.09 bits per heavy atom. The van der Waals surface area contributed by atoms with E-state index in [0.717, 1.165) is 19.6 Å². The minimum absolute atomic E-state index is 0.0855. The third-order valence-electron chi connectivity index (χ3n) is 5.29. The molecule has 1 aliphatic heterocycles. The van der Waals surface area contributed by atoms with Gasteiger partial charge in [0, 0.05) is 50.6 Å². The Labute approximate surface area is 208 Å². The number of ether oxygens (including phenoxy) is 4. The SMILES string of the molecule is COc1ccc(C(=O)Cc2c(Cl)cncc2Cl)c(OCC(=O)NCCN2CCOCC2)c1OC. The van der Waals surface area contributed by atoms with Crippen molar-refractivity contribution in [2.45, 2.75) is 6.42 Å². The zero-order valence-electron chi connectivity index (χ0n) is 19.1. The normalized spacial score (nSPS) is 13.9. The van der Waals surface area contributed by atoms with Crippen LogP contribution in [0.5, 0.6) is 17.2 Å². The monoisotopic (exact) mass is 511 g/mol. The van der Waals surface area contributed by atoms with E-state index in [1.165, 1.54) is 26.6 Å². The third kappa shape index (κ3) is 6.73. The number of rotatable bonds is 11. The summed E-state index contributed by atoms with van der Waals surface area (Å²) in [7, 11) is 2.90. The van der Waals surface area contributed by atoms with E-state index in [1.807, 2.05) is 0 Å². The molecule has 184 valence electrons. The van der Waals surface area contributed by atoms with Gasteiger partial charge in [-0.25, -0.2) is 0 Å². The molecule has 0 spiro atoms. The molecule has 1 aliphatic rings. The lowest BCUT2D eigenvalue weighted by atomic mass is 10.0. The maximum Gasteiger partial charge on any atom is 0.257 e. The zero-order chi connectivity index (χ0) is 24.5. The van der Waals surface area contributed by atoms with Crippen LogP contribution < -0.4 is 19.5 Å². The van der Waals surface area contributed by atoms with Crippen LogP contribution in [0, 0.1) is 0 Å². The topological polar surface area (TPSA) is 99.2 Å². The number of halogens is 2. The van der Waals surface area contributed by atoms with Gasteiger partial charge in [0.25, 0.3) is 5.91 Å². The van der Waals surface area contributed by atoms with Crippen LogP contribution in [-0.2, 0) is 16.0 Å². The van der Waals surface area contributed by atoms with Crippen molar-refractivity contribution >= 4 is 34.9 Å². The minimum atomic E-state index is -0.322. The molecule has 0 radical (unpaired) electrons. The highest BCUT2D eigenvalue weighted by molar-refractivity contribution is 6.36. The van der Waals surface area contributed by atoms with Gasteiger partial charge in [0.2, 0.25) is 5.75 Å². The average Bonchev–Trinajstić information content (AvgIpc) is 2.84. The average molecular weight is 512 g/mol. The van der Waals surface area contributed by atoms with Gasteiger partial charge in [-0.3, -0.25) is 19.5 Å². The fourth-order valence-corrected chi connectivity index (χ4v) is 3.99. The van der Waals surface area contributed by atoms with Gasteiger partial charge in [-0.1, -0.05) is 23.2 Å². The Morgan fingerprint density at radius 2 is 1.79 bits per heavy atom. The van der Waals surface area contributed by atoms with E-state index in [9.17, 15) is 9.59 Å². The fourth-order valence-electron chi connectivity index (χ4n) is 3.49. The number of amides is 1. The number of ketones is 1. The summed E-state index contributed by atoms with van der Waals surface area (Å²) in [5.41, 5.74) is 0.660. The number of methoxy groups -OCH3 is 2. The first kappa shape index (κ1) is 26.0. The molecule has 0 bridgehead atoms. The van der Waals surface area contributed by atoms with E-state index in [-0.39, 0.29) is 51.8 Å². The van der Waals surface area contributed by atoms with Crippen LogP contribution in [0.2, 0.25) is 10.0 Å². The van der Waals surface area contributed by atoms with Gasteiger partial charge in [0.05, 0.1) is 43.0 Å². The maximum absolute atomic E-state index is 13.2. The summed E-state index contributed by atoms with van der Waals surface area (Å²) in [4.78, 5) is 31.7. The largest absolute Gasteiger partial charge is 0.493 e. The lowest BCUT2D eigenvalue weighted by Gasteiger charge is -2.26. The highest BCUT2D eigenvalue weighted by Crippen LogP contribution is 2.40. The minimum Gasteiger partial charge on any atom is -0.493 e. The molecule has 1 aromatic heterocycles. The summed E-state index contributed by atoms with van der Waals surface area (Å²) in [5.74, 6) is 0.0371. The first-order chi connectivity index (χ1) is 16.4. The third-order valence-corrected chi connectivity index (χ3v) is 5.94. The first-order valence-electron chi connectivity index (χ1n) is 10.7. The number of morpholine rings is 1. The Kier molecular flexibility index (Phi) is 9.76. The molecule has 2 heterocycles. The van der Waals surface area contributed by atoms with Gasteiger partial charge >= 0.3 is 0 Å². The fraction of sp³-hybridized carbons (Fsp3) is 0.435. The predicted molar refractivity (Wildman–Crippen MR) is 128 cm³/mol. The molecule has 1 amide bonds. The van der Waals surface area contributed by atoms with Crippen molar-refractivity contribution in [3.8, 4) is 17.2 Å². The second-order valence-corrected chi connectivity index (χ2v) is 8.27. The van der Waals surface area contributed by atoms with Gasteiger partial charge in [-0.05, 0) is 12.1 Å². The van der Waals surface area contributed by atoms with Crippen molar-refractivity contribution in [2.24, 2.45) is 0 Å². The number of carbonyl (C=O) groups excluding carboxylic acids is 2. The molecule has 1 fully saturated rings. The lowest BCUT2D eigenvalue weighted by Crippen LogP contribution is -2.42. The number of hydrogen-bond acceptors (Lipinski definition) is 8. The Hall–Kier alpha value is -2.59. The van der Waals surface area contributed by atoms with E-state index in [0.29, 0.717) is 31.1 Å². The van der Waals surface area contributed by atoms with E-state index in [4.69, 9.17) is 42.1 Å². The van der Waals surface area contributed by atoms with Crippen molar-refractivity contribution < 1.29 is 28.5 Å². The maximum atomic E-state index is 13.2. The van der Waals surface area contributed by atoms with Crippen molar-refractivity contribution in [1.82, 2.24) is 15.2 Å². The predicted octanol–water partition coefficient (Wildman–Crippen LogP) is 2.66. The molecule has 34 heavy (non-hydrogen) atoms. The number of hydrogen-bond donors (Lipinski definition) is 1. The second kappa shape index (κ2) is 12.8. The molecule has 9 nitrogen and oxygen atoms in total. The second-order valence-electron chi connectivity index (χ2n) is 7.45. The Bertz CT molecular complexity index is 994. The number of nitrogens with zero attached hydrogens (tertiary/aromatic N) is 2. The number of nitrogens with one attached hydrogen (secondary N) is 1. The number of benzene rings is 1. The molecule has 3 rings (SSSR count). The zero-order valence-corrected chi connectivity index (χ0v) is 20.6. The highest BCUT2D eigenvalue weighted by Gasteiger charge is 2.23. The number of aromatic nitrogens is 1. The summed E-state index contributed by atoms with van der Waals surface area (Å²) in [6, 6.07) is 3.15. The molecule has 1 aromatic carbocycles. The molecule has 1 saturated heterocycles. The molecule has 0 saturated carbocycles. The van der Waals surface area contributed by atoms with Crippen LogP contribution in [-0.4, -0.2) is 81.8 Å². The van der Waals surface area contributed by atoms with Crippen molar-refractivity contribution in [3.63, 3.8) is 0 Å². The number of pyridine rings is 1. The Morgan fingerprint density at radius 3 is 2.44 bits per heavy atom. The standard InChI is InChI=1S/C23H27Cl2N3O6/c1-31-20-4-3-15(19(29)11-16-17(24)12-26-13-18(16)25)22(23(20)32-2)34-14-21(30)27-5-6-28-7-9-33-10-8-28/h3-4,12-13H,5-11,14H2,1-2H3,(H,27,30). The molecular formula is C23H27Cl2N3O6. The van der Waals surface area contributed by atoms with E-state index < -0.39 is 0 Å². The summed E-state index contributed by atoms with van der Waals surface area (Å²) in [6.45, 7) is 3.95. The van der Waals surface area contributed by atoms with Gasteiger partial charge < -0.3 is 24.3 Å². The molecule has 1 N–H and O–H groups in total. The van der Waals surface area contributed by atoms with Crippen LogP contribution in [0.4, 0.5) is 0 Å². The molecule has 11 heteroatoms. The van der Waals surface area contributed by atoms with Crippen LogP contribution in [0.25, 0.3) is 0 Å². The summed E-state index contributed by atoms with van der Waals surface area (Å²) >= 11 is 12.4. The summed E-state index contributed by atoms with van der Waals surface area (Å²) in [6.07, 6.45) is 2.75. The van der Waals surface area contributed by atoms with Gasteiger partial charge in [-0.2, -0.15) is 0 Å². The van der Waals surface area contributed by atoms with Crippen molar-refractivity contribution in [2.75, 3.05) is 60.2 Å². The summed E-state index contributed by atoms with van der Waals surface area (Å²) in [5, 5.41) is 3.39. The quantitative estimate of drug-likeness (QED) is 0.459. The molecule has 0 aliphatic carbocycles. The van der Waals surface area contributed by atoms with Crippen LogP contribution in [0.3, 0.4) is 0 Å². The summed E-state index contributed by atoms with van der Waals surface area (Å²) < 4.78 is 21.9. The smallest absolute Gasteiger partial charge is 0.257 e. The molecule has 0 atom stereocenters. The van der Waals surface area contributed by atoms with E-state index >= 15 is 0 Å². The van der Waals surface area contributed by atoms with Crippen molar-refractivity contribution in [3.05, 3.63) is 45.7 Å². The number of Topliss-reactive ketones (excluding diaryl/α,β-unsaturated/α-hetero) is 1. The van der Waals surface area contributed by atoms with Crippen LogP contribution in [0.1, 0.15) is 15.9 Å². The molecule has 2 aromatic rings. The number of carbonyl (C=O) groups is 2. The van der Waals surface area contributed by atoms with Gasteiger partial charge in [0.1, 0.15) is 0 Å².